The number of halogens is 2. The van der Waals surface area contributed by atoms with E-state index >= 15 is 0 Å². The van der Waals surface area contributed by atoms with Crippen LogP contribution in [0.5, 0.6) is 5.75 Å². The van der Waals surface area contributed by atoms with Crippen molar-refractivity contribution in [3.63, 3.8) is 0 Å². The summed E-state index contributed by atoms with van der Waals surface area (Å²) in [6.45, 7) is 3.41. The highest BCUT2D eigenvalue weighted by Gasteiger charge is 2.17. The lowest BCUT2D eigenvalue weighted by Gasteiger charge is -2.13. The van der Waals surface area contributed by atoms with Gasteiger partial charge in [0.25, 0.3) is 0 Å². The van der Waals surface area contributed by atoms with Crippen LogP contribution in [0.4, 0.5) is 4.39 Å². The largest absolute Gasteiger partial charge is 0.496 e. The van der Waals surface area contributed by atoms with Crippen LogP contribution in [0, 0.1) is 19.7 Å². The molecule has 6 heteroatoms. The van der Waals surface area contributed by atoms with E-state index in [1.165, 1.54) is 7.11 Å². The average Bonchev–Trinajstić information content (AvgIpc) is 2.19. The molecule has 0 fully saturated rings. The summed E-state index contributed by atoms with van der Waals surface area (Å²) in [6.07, 6.45) is 0.00333. The topological polar surface area (TPSA) is 43.4 Å². The second kappa shape index (κ2) is 5.23. The number of benzene rings is 1. The molecular weight excluding hydrogens is 267 g/mol. The summed E-state index contributed by atoms with van der Waals surface area (Å²) in [7, 11) is 2.91. The molecule has 0 unspecified atom stereocenters. The predicted octanol–water partition coefficient (Wildman–Crippen LogP) is 2.56. The van der Waals surface area contributed by atoms with Crippen molar-refractivity contribution in [2.24, 2.45) is 0 Å². The third-order valence-corrected chi connectivity index (χ3v) is 3.63. The molecule has 0 N–H and O–H groups in total. The van der Waals surface area contributed by atoms with Gasteiger partial charge in [-0.3, -0.25) is 0 Å². The Balaban J connectivity index is 3.20. The van der Waals surface area contributed by atoms with Crippen molar-refractivity contribution in [1.29, 1.82) is 0 Å². The van der Waals surface area contributed by atoms with E-state index in [1.54, 1.807) is 19.9 Å². The molecule has 0 aromatic heterocycles. The van der Waals surface area contributed by atoms with Crippen LogP contribution in [-0.4, -0.2) is 21.3 Å². The lowest BCUT2D eigenvalue weighted by atomic mass is 10.0. The molecular formula is C11H14ClFO3S. The fourth-order valence-corrected chi connectivity index (χ4v) is 2.44. The summed E-state index contributed by atoms with van der Waals surface area (Å²) in [4.78, 5) is 0. The zero-order valence-corrected chi connectivity index (χ0v) is 11.5. The molecule has 3 nitrogen and oxygen atoms in total. The van der Waals surface area contributed by atoms with Gasteiger partial charge in [0.1, 0.15) is 11.6 Å². The van der Waals surface area contributed by atoms with Crippen molar-refractivity contribution in [1.82, 2.24) is 0 Å². The van der Waals surface area contributed by atoms with E-state index in [0.29, 0.717) is 11.3 Å². The first-order valence-electron chi connectivity index (χ1n) is 5.01. The van der Waals surface area contributed by atoms with E-state index in [-0.39, 0.29) is 17.7 Å². The van der Waals surface area contributed by atoms with Crippen LogP contribution in [0.1, 0.15) is 16.7 Å². The van der Waals surface area contributed by atoms with Crippen LogP contribution in [0.25, 0.3) is 0 Å². The first-order chi connectivity index (χ1) is 7.76. The average molecular weight is 281 g/mol. The maximum absolute atomic E-state index is 13.9. The van der Waals surface area contributed by atoms with E-state index in [0.717, 1.165) is 5.56 Å². The zero-order valence-electron chi connectivity index (χ0n) is 9.88. The van der Waals surface area contributed by atoms with Crippen LogP contribution < -0.4 is 4.74 Å². The van der Waals surface area contributed by atoms with Crippen LogP contribution in [0.3, 0.4) is 0 Å². The summed E-state index contributed by atoms with van der Waals surface area (Å²) in [5.74, 6) is -0.369. The first-order valence-corrected chi connectivity index (χ1v) is 7.49. The van der Waals surface area contributed by atoms with Gasteiger partial charge in [-0.15, -0.1) is 0 Å². The second-order valence-corrected chi connectivity index (χ2v) is 6.73. The second-order valence-electron chi connectivity index (χ2n) is 3.83. The number of rotatable bonds is 4. The van der Waals surface area contributed by atoms with E-state index in [2.05, 4.69) is 0 Å². The predicted molar refractivity (Wildman–Crippen MR) is 65.8 cm³/mol. The summed E-state index contributed by atoms with van der Waals surface area (Å²) in [5.41, 5.74) is 1.49. The Morgan fingerprint density at radius 1 is 1.35 bits per heavy atom. The highest BCUT2D eigenvalue weighted by molar-refractivity contribution is 8.13. The van der Waals surface area contributed by atoms with E-state index in [4.69, 9.17) is 15.4 Å². The van der Waals surface area contributed by atoms with Crippen molar-refractivity contribution in [2.45, 2.75) is 20.3 Å². The SMILES string of the molecule is COc1c(C)cc(C)c(F)c1CCS(=O)(=O)Cl. The lowest BCUT2D eigenvalue weighted by Crippen LogP contribution is -2.07. The third-order valence-electron chi connectivity index (χ3n) is 2.48. The van der Waals surface area contributed by atoms with Gasteiger partial charge >= 0.3 is 0 Å². The molecule has 0 amide bonds. The Hall–Kier alpha value is -0.810. The normalized spacial score (nSPS) is 11.6. The standard InChI is InChI=1S/C11H14ClFO3S/c1-7-6-8(2)11(16-3)9(10(7)13)4-5-17(12,14)15/h6H,4-5H2,1-3H3. The molecule has 0 bridgehead atoms. The van der Waals surface area contributed by atoms with Gasteiger partial charge < -0.3 is 4.74 Å². The third kappa shape index (κ3) is 3.57. The van der Waals surface area contributed by atoms with Crippen molar-refractivity contribution in [3.05, 3.63) is 28.6 Å². The monoisotopic (exact) mass is 280 g/mol. The fourth-order valence-electron chi connectivity index (χ4n) is 1.76. The number of methoxy groups -OCH3 is 1. The molecule has 0 aliphatic rings. The van der Waals surface area contributed by atoms with E-state index in [1.807, 2.05) is 0 Å². The van der Waals surface area contributed by atoms with Crippen molar-refractivity contribution >= 4 is 19.7 Å². The Morgan fingerprint density at radius 3 is 2.41 bits per heavy atom. The smallest absolute Gasteiger partial charge is 0.232 e. The highest BCUT2D eigenvalue weighted by Crippen LogP contribution is 2.29. The molecule has 1 rings (SSSR count). The molecule has 0 saturated carbocycles. The van der Waals surface area contributed by atoms with Crippen LogP contribution in [-0.2, 0) is 15.5 Å². The van der Waals surface area contributed by atoms with Crippen LogP contribution >= 0.6 is 10.7 Å². The van der Waals surface area contributed by atoms with E-state index < -0.39 is 14.9 Å². The summed E-state index contributed by atoms with van der Waals surface area (Å²) in [5, 5.41) is 0. The maximum Gasteiger partial charge on any atom is 0.232 e. The molecule has 0 radical (unpaired) electrons. The minimum Gasteiger partial charge on any atom is -0.496 e. The van der Waals surface area contributed by atoms with Crippen molar-refractivity contribution < 1.29 is 17.5 Å². The molecule has 1 aromatic carbocycles. The molecule has 1 aromatic rings. The Morgan fingerprint density at radius 2 is 1.94 bits per heavy atom. The summed E-state index contributed by atoms with van der Waals surface area (Å²) >= 11 is 0. The number of aryl methyl sites for hydroxylation is 2. The molecule has 0 saturated heterocycles. The first kappa shape index (κ1) is 14.3. The van der Waals surface area contributed by atoms with Gasteiger partial charge in [-0.2, -0.15) is 0 Å². The Labute approximate surface area is 105 Å². The molecule has 0 heterocycles. The summed E-state index contributed by atoms with van der Waals surface area (Å²) in [6, 6.07) is 1.66. The molecule has 0 aliphatic heterocycles. The fraction of sp³-hybridized carbons (Fsp3) is 0.455. The number of ether oxygens (including phenoxy) is 1. The highest BCUT2D eigenvalue weighted by atomic mass is 35.7. The molecule has 0 atom stereocenters. The van der Waals surface area contributed by atoms with Gasteiger partial charge in [0.05, 0.1) is 12.9 Å². The quantitative estimate of drug-likeness (QED) is 0.796. The minimum absolute atomic E-state index is 0.00333. The van der Waals surface area contributed by atoms with Crippen molar-refractivity contribution in [2.75, 3.05) is 12.9 Å². The van der Waals surface area contributed by atoms with Gasteiger partial charge in [0.15, 0.2) is 0 Å². The van der Waals surface area contributed by atoms with Gasteiger partial charge in [-0.05, 0) is 37.5 Å². The minimum atomic E-state index is -3.64. The Kier molecular flexibility index (Phi) is 4.38. The molecule has 0 spiro atoms. The van der Waals surface area contributed by atoms with Gasteiger partial charge in [0.2, 0.25) is 9.05 Å². The van der Waals surface area contributed by atoms with Gasteiger partial charge in [0, 0.05) is 16.2 Å². The molecule has 0 aliphatic carbocycles. The van der Waals surface area contributed by atoms with Crippen molar-refractivity contribution in [3.8, 4) is 5.75 Å². The van der Waals surface area contributed by atoms with E-state index in [9.17, 15) is 12.8 Å². The number of hydrogen-bond donors (Lipinski definition) is 0. The van der Waals surface area contributed by atoms with Crippen LogP contribution in [0.2, 0.25) is 0 Å². The maximum atomic E-state index is 13.9. The zero-order chi connectivity index (χ0) is 13.2. The lowest BCUT2D eigenvalue weighted by molar-refractivity contribution is 0.401. The van der Waals surface area contributed by atoms with Gasteiger partial charge in [-0.25, -0.2) is 12.8 Å². The van der Waals surface area contributed by atoms with Crippen LogP contribution in [0.15, 0.2) is 6.07 Å². The Bertz CT molecular complexity index is 526. The molecule has 96 valence electrons. The van der Waals surface area contributed by atoms with Gasteiger partial charge in [-0.1, -0.05) is 0 Å². The number of hydrogen-bond acceptors (Lipinski definition) is 3. The summed E-state index contributed by atoms with van der Waals surface area (Å²) < 4.78 is 40.8. The molecule has 17 heavy (non-hydrogen) atoms.